The van der Waals surface area contributed by atoms with Gasteiger partial charge in [-0.3, -0.25) is 9.69 Å². The van der Waals surface area contributed by atoms with Crippen molar-refractivity contribution in [1.82, 2.24) is 4.90 Å². The topological polar surface area (TPSA) is 113 Å². The Morgan fingerprint density at radius 1 is 1.14 bits per heavy atom. The molecule has 1 heterocycles. The maximum absolute atomic E-state index is 14.8. The lowest BCUT2D eigenvalue weighted by atomic mass is 9.92. The summed E-state index contributed by atoms with van der Waals surface area (Å²) in [5.41, 5.74) is -0.808. The highest BCUT2D eigenvalue weighted by molar-refractivity contribution is 7.91. The van der Waals surface area contributed by atoms with Gasteiger partial charge < -0.3 is 15.2 Å². The Morgan fingerprint density at radius 2 is 1.81 bits per heavy atom. The van der Waals surface area contributed by atoms with Gasteiger partial charge in [0.1, 0.15) is 17.5 Å². The Labute approximate surface area is 211 Å². The summed E-state index contributed by atoms with van der Waals surface area (Å²) in [5, 5.41) is 12.7. The number of nitrogens with zero attached hydrogens (tertiary/aromatic N) is 1. The van der Waals surface area contributed by atoms with Gasteiger partial charge in [0.05, 0.1) is 21.9 Å². The van der Waals surface area contributed by atoms with E-state index in [4.69, 9.17) is 4.74 Å². The summed E-state index contributed by atoms with van der Waals surface area (Å²) in [6.07, 6.45) is -0.392. The lowest BCUT2D eigenvalue weighted by Crippen LogP contribution is -2.47. The third kappa shape index (κ3) is 6.04. The molecule has 2 aromatic carbocycles. The van der Waals surface area contributed by atoms with Crippen LogP contribution in [0.1, 0.15) is 64.3 Å². The molecule has 196 valence electrons. The van der Waals surface area contributed by atoms with Crippen molar-refractivity contribution in [2.75, 3.05) is 17.6 Å². The first-order valence-electron chi connectivity index (χ1n) is 11.7. The van der Waals surface area contributed by atoms with Crippen molar-refractivity contribution in [3.8, 4) is 0 Å². The van der Waals surface area contributed by atoms with Gasteiger partial charge in [0, 0.05) is 6.54 Å². The second-order valence-electron chi connectivity index (χ2n) is 10.3. The first kappa shape index (κ1) is 27.6. The molecule has 2 aromatic rings. The van der Waals surface area contributed by atoms with Crippen LogP contribution >= 0.6 is 0 Å². The first-order valence-corrected chi connectivity index (χ1v) is 13.4. The number of fused-ring (bicyclic) bond motifs is 1. The summed E-state index contributed by atoms with van der Waals surface area (Å²) >= 11 is 0. The van der Waals surface area contributed by atoms with Crippen LogP contribution in [0.3, 0.4) is 0 Å². The number of anilines is 1. The van der Waals surface area contributed by atoms with Gasteiger partial charge in [0.25, 0.3) is 5.91 Å². The minimum atomic E-state index is -3.47. The molecule has 2 N–H and O–H groups in total. The van der Waals surface area contributed by atoms with Crippen LogP contribution in [0.5, 0.6) is 0 Å². The number of aliphatic hydroxyl groups is 1. The van der Waals surface area contributed by atoms with Gasteiger partial charge in [-0.05, 0) is 82.0 Å². The van der Waals surface area contributed by atoms with Crippen LogP contribution in [0.2, 0.25) is 0 Å². The van der Waals surface area contributed by atoms with Crippen LogP contribution in [0.4, 0.5) is 14.9 Å². The lowest BCUT2D eigenvalue weighted by molar-refractivity contribution is -0.122. The summed E-state index contributed by atoms with van der Waals surface area (Å²) in [4.78, 5) is 27.9. The molecule has 0 aromatic heterocycles. The Kier molecular flexibility index (Phi) is 7.53. The summed E-state index contributed by atoms with van der Waals surface area (Å²) in [6.45, 7) is 9.82. The molecule has 1 unspecified atom stereocenters. The van der Waals surface area contributed by atoms with E-state index in [1.165, 1.54) is 49.1 Å². The van der Waals surface area contributed by atoms with Gasteiger partial charge in [-0.15, -0.1) is 0 Å². The number of nitrogens with one attached hydrogen (secondary N) is 1. The maximum Gasteiger partial charge on any atom is 0.411 e. The predicted molar refractivity (Wildman–Crippen MR) is 134 cm³/mol. The van der Waals surface area contributed by atoms with Gasteiger partial charge in [-0.2, -0.15) is 0 Å². The number of carbonyl (C=O) groups is 2. The number of hydrogen-bond acceptors (Lipinski definition) is 6. The monoisotopic (exact) mass is 520 g/mol. The molecule has 1 aliphatic heterocycles. The molecule has 0 saturated heterocycles. The first-order chi connectivity index (χ1) is 16.5. The number of rotatable bonds is 5. The largest absolute Gasteiger partial charge is 0.444 e. The summed E-state index contributed by atoms with van der Waals surface area (Å²) in [6, 6.07) is 7.27. The molecule has 0 saturated carbocycles. The van der Waals surface area contributed by atoms with Crippen LogP contribution in [-0.2, 0) is 31.4 Å². The van der Waals surface area contributed by atoms with Crippen LogP contribution in [0.25, 0.3) is 0 Å². The molecule has 1 atom stereocenters. The molecule has 8 nitrogen and oxygen atoms in total. The van der Waals surface area contributed by atoms with Crippen molar-refractivity contribution in [3.05, 3.63) is 58.9 Å². The molecule has 0 fully saturated rings. The normalized spacial score (nSPS) is 16.3. The fourth-order valence-electron chi connectivity index (χ4n) is 3.96. The second kappa shape index (κ2) is 9.82. The zero-order valence-electron chi connectivity index (χ0n) is 21.4. The molecule has 10 heteroatoms. The smallest absolute Gasteiger partial charge is 0.411 e. The third-order valence-corrected chi connectivity index (χ3v) is 7.62. The van der Waals surface area contributed by atoms with Gasteiger partial charge >= 0.3 is 6.09 Å². The number of sulfone groups is 1. The molecule has 36 heavy (non-hydrogen) atoms. The number of ether oxygens (including phenoxy) is 1. The molecule has 0 aliphatic carbocycles. The van der Waals surface area contributed by atoms with Crippen molar-refractivity contribution >= 4 is 27.5 Å². The van der Waals surface area contributed by atoms with Gasteiger partial charge in [0.15, 0.2) is 9.84 Å². The number of carbonyl (C=O) groups excluding carboxylic acids is 2. The van der Waals surface area contributed by atoms with Crippen LogP contribution < -0.4 is 5.32 Å². The standard InChI is InChI=1S/C26H33FN2O6S/c1-7-36(33,34)18-9-10-19-16(14-18)12-13-29(24(31)35-25(2,3)4)22(19)23(30)28-21-11-8-17(15-20(21)27)26(5,6)32/h8-11,14-15,22,32H,7,12-13H2,1-6H3,(H,28,30). The molecular formula is C26H33FN2O6S. The molecule has 1 aliphatic rings. The van der Waals surface area contributed by atoms with E-state index in [2.05, 4.69) is 5.32 Å². The highest BCUT2D eigenvalue weighted by Gasteiger charge is 2.39. The molecule has 3 rings (SSSR count). The fraction of sp³-hybridized carbons (Fsp3) is 0.462. The Morgan fingerprint density at radius 3 is 2.36 bits per heavy atom. The fourth-order valence-corrected chi connectivity index (χ4v) is 4.89. The zero-order chi connectivity index (χ0) is 27.1. The van der Waals surface area contributed by atoms with E-state index in [1.54, 1.807) is 27.7 Å². The SMILES string of the molecule is CCS(=O)(=O)c1ccc2c(c1)CCN(C(=O)OC(C)(C)C)C2C(=O)Nc1ccc(C(C)(C)O)cc1F. The third-order valence-electron chi connectivity index (χ3n) is 5.89. The minimum Gasteiger partial charge on any atom is -0.444 e. The predicted octanol–water partition coefficient (Wildman–Crippen LogP) is 4.32. The van der Waals surface area contributed by atoms with Crippen molar-refractivity contribution in [2.45, 2.75) is 70.1 Å². The molecule has 0 radical (unpaired) electrons. The van der Waals surface area contributed by atoms with Crippen LogP contribution in [-0.4, -0.2) is 48.3 Å². The van der Waals surface area contributed by atoms with Gasteiger partial charge in [0.2, 0.25) is 0 Å². The molecular weight excluding hydrogens is 487 g/mol. The zero-order valence-corrected chi connectivity index (χ0v) is 22.2. The molecule has 0 spiro atoms. The minimum absolute atomic E-state index is 0.0698. The lowest BCUT2D eigenvalue weighted by Gasteiger charge is -2.37. The highest BCUT2D eigenvalue weighted by Crippen LogP contribution is 2.34. The van der Waals surface area contributed by atoms with E-state index in [-0.39, 0.29) is 22.9 Å². The van der Waals surface area contributed by atoms with E-state index in [0.717, 1.165) is 6.07 Å². The van der Waals surface area contributed by atoms with Crippen molar-refractivity contribution < 1.29 is 32.2 Å². The van der Waals surface area contributed by atoms with Crippen molar-refractivity contribution in [3.63, 3.8) is 0 Å². The summed E-state index contributed by atoms with van der Waals surface area (Å²) < 4.78 is 45.1. The highest BCUT2D eigenvalue weighted by atomic mass is 32.2. The molecule has 0 bridgehead atoms. The molecule has 2 amide bonds. The van der Waals surface area contributed by atoms with E-state index < -0.39 is 44.9 Å². The van der Waals surface area contributed by atoms with E-state index in [9.17, 15) is 27.5 Å². The van der Waals surface area contributed by atoms with Crippen molar-refractivity contribution in [2.24, 2.45) is 0 Å². The summed E-state index contributed by atoms with van der Waals surface area (Å²) in [5.74, 6) is -1.49. The Bertz CT molecular complexity index is 1280. The average Bonchev–Trinajstić information content (AvgIpc) is 2.77. The number of hydrogen-bond donors (Lipinski definition) is 2. The summed E-state index contributed by atoms with van der Waals surface area (Å²) in [7, 11) is -3.47. The average molecular weight is 521 g/mol. The van der Waals surface area contributed by atoms with E-state index in [1.807, 2.05) is 0 Å². The van der Waals surface area contributed by atoms with Gasteiger partial charge in [-0.25, -0.2) is 17.6 Å². The number of halogens is 1. The van der Waals surface area contributed by atoms with Crippen LogP contribution in [0.15, 0.2) is 41.3 Å². The van der Waals surface area contributed by atoms with Crippen LogP contribution in [0, 0.1) is 5.82 Å². The quantitative estimate of drug-likeness (QED) is 0.607. The van der Waals surface area contributed by atoms with E-state index in [0.29, 0.717) is 23.1 Å². The van der Waals surface area contributed by atoms with E-state index >= 15 is 0 Å². The Balaban J connectivity index is 2.02. The van der Waals surface area contributed by atoms with Gasteiger partial charge in [-0.1, -0.05) is 19.1 Å². The second-order valence-corrected chi connectivity index (χ2v) is 12.6. The number of benzene rings is 2. The van der Waals surface area contributed by atoms with Crippen molar-refractivity contribution in [1.29, 1.82) is 0 Å². The Hall–Kier alpha value is -2.98. The number of amides is 2. The maximum atomic E-state index is 14.8.